The monoisotopic (exact) mass is 651 g/mol. The van der Waals surface area contributed by atoms with Crippen molar-refractivity contribution >= 4 is 12.1 Å². The Morgan fingerprint density at radius 3 is 2.00 bits per heavy atom. The summed E-state index contributed by atoms with van der Waals surface area (Å²) < 4.78 is 11.4. The normalized spacial score (nSPS) is 18.1. The smallest absolute Gasteiger partial charge is 0.410 e. The zero-order chi connectivity index (χ0) is 33.7. The number of ether oxygens (including phenoxy) is 2. The summed E-state index contributed by atoms with van der Waals surface area (Å²) in [5, 5.41) is 11.6. The fourth-order valence-corrected chi connectivity index (χ4v) is 7.23. The van der Waals surface area contributed by atoms with Crippen LogP contribution >= 0.6 is 0 Å². The fraction of sp³-hybridized carbons (Fsp3) is 0.949. The first kappa shape index (κ1) is 40.8. The lowest BCUT2D eigenvalue weighted by Gasteiger charge is -2.44. The van der Waals surface area contributed by atoms with Crippen molar-refractivity contribution in [2.24, 2.45) is 5.92 Å². The van der Waals surface area contributed by atoms with Gasteiger partial charge in [-0.2, -0.15) is 0 Å². The van der Waals surface area contributed by atoms with E-state index in [0.717, 1.165) is 25.8 Å². The van der Waals surface area contributed by atoms with E-state index in [1.807, 2.05) is 20.8 Å². The molecular weight excluding hydrogens is 576 g/mol. The van der Waals surface area contributed by atoms with Gasteiger partial charge < -0.3 is 19.5 Å². The molecule has 0 bridgehead atoms. The quantitative estimate of drug-likeness (QED) is 0.0876. The van der Waals surface area contributed by atoms with E-state index in [4.69, 9.17) is 9.47 Å². The average Bonchev–Trinajstić information content (AvgIpc) is 3.02. The molecule has 1 heterocycles. The first-order chi connectivity index (χ1) is 22.0. The summed E-state index contributed by atoms with van der Waals surface area (Å²) in [6, 6.07) is 0.521. The van der Waals surface area contributed by atoms with E-state index in [-0.39, 0.29) is 12.1 Å². The fourth-order valence-electron chi connectivity index (χ4n) is 7.23. The molecular formula is C39H74N2O5. The second-order valence-electron chi connectivity index (χ2n) is 15.7. The van der Waals surface area contributed by atoms with E-state index in [1.54, 1.807) is 4.90 Å². The molecule has 1 atom stereocenters. The maximum Gasteiger partial charge on any atom is 0.410 e. The lowest BCUT2D eigenvalue weighted by Crippen LogP contribution is -2.54. The van der Waals surface area contributed by atoms with Crippen LogP contribution in [0.4, 0.5) is 4.79 Å². The lowest BCUT2D eigenvalue weighted by molar-refractivity contribution is -0.145. The Morgan fingerprint density at radius 1 is 0.826 bits per heavy atom. The van der Waals surface area contributed by atoms with Crippen LogP contribution < -0.4 is 0 Å². The SMILES string of the molecule is CCCCCCCCC(CCCCCC)COC(=O)CCCCCN(CC1(O)CCN(C(=O)OC(C)(C)C)CC1)C1CCCCC1. The maximum atomic E-state index is 12.7. The van der Waals surface area contributed by atoms with Gasteiger partial charge in [0.15, 0.2) is 0 Å². The van der Waals surface area contributed by atoms with Crippen LogP contribution in [0.25, 0.3) is 0 Å². The molecule has 1 saturated carbocycles. The molecule has 1 saturated heterocycles. The van der Waals surface area contributed by atoms with Gasteiger partial charge in [0.25, 0.3) is 0 Å². The van der Waals surface area contributed by atoms with E-state index < -0.39 is 11.2 Å². The highest BCUT2D eigenvalue weighted by Gasteiger charge is 2.38. The Balaban J connectivity index is 1.74. The van der Waals surface area contributed by atoms with Gasteiger partial charge in [0.1, 0.15) is 5.60 Å². The van der Waals surface area contributed by atoms with Crippen molar-refractivity contribution in [1.29, 1.82) is 0 Å². The first-order valence-electron chi connectivity index (χ1n) is 19.6. The van der Waals surface area contributed by atoms with E-state index >= 15 is 0 Å². The van der Waals surface area contributed by atoms with Crippen molar-refractivity contribution in [2.45, 2.75) is 200 Å². The molecule has 1 aliphatic heterocycles. The average molecular weight is 651 g/mol. The highest BCUT2D eigenvalue weighted by Crippen LogP contribution is 2.29. The molecule has 1 aliphatic carbocycles. The zero-order valence-electron chi connectivity index (χ0n) is 30.9. The van der Waals surface area contributed by atoms with Gasteiger partial charge in [-0.15, -0.1) is 0 Å². The van der Waals surface area contributed by atoms with Gasteiger partial charge in [-0.25, -0.2) is 4.79 Å². The molecule has 0 spiro atoms. The summed E-state index contributed by atoms with van der Waals surface area (Å²) in [5.74, 6) is 0.481. The van der Waals surface area contributed by atoms with Crippen molar-refractivity contribution in [2.75, 3.05) is 32.8 Å². The summed E-state index contributed by atoms with van der Waals surface area (Å²) in [6.07, 6.45) is 25.9. The van der Waals surface area contributed by atoms with Crippen molar-refractivity contribution < 1.29 is 24.2 Å². The van der Waals surface area contributed by atoms with Crippen LogP contribution in [0.15, 0.2) is 0 Å². The molecule has 7 nitrogen and oxygen atoms in total. The number of nitrogens with zero attached hydrogens (tertiary/aromatic N) is 2. The summed E-state index contributed by atoms with van der Waals surface area (Å²) >= 11 is 0. The van der Waals surface area contributed by atoms with E-state index in [9.17, 15) is 14.7 Å². The number of carbonyl (C=O) groups excluding carboxylic acids is 2. The van der Waals surface area contributed by atoms with Crippen LogP contribution in [-0.4, -0.2) is 77.0 Å². The third kappa shape index (κ3) is 18.3. The van der Waals surface area contributed by atoms with Crippen molar-refractivity contribution in [3.8, 4) is 0 Å². The Kier molecular flexibility index (Phi) is 20.5. The number of carbonyl (C=O) groups is 2. The summed E-state index contributed by atoms with van der Waals surface area (Å²) in [4.78, 5) is 29.5. The molecule has 7 heteroatoms. The number of rotatable bonds is 23. The number of piperidine rings is 1. The summed E-state index contributed by atoms with van der Waals surface area (Å²) in [7, 11) is 0. The van der Waals surface area contributed by atoms with Gasteiger partial charge in [-0.05, 0) is 84.6 Å². The second kappa shape index (κ2) is 23.1. The van der Waals surface area contributed by atoms with E-state index in [1.165, 1.54) is 109 Å². The minimum absolute atomic E-state index is 0.0308. The lowest BCUT2D eigenvalue weighted by atomic mass is 9.88. The van der Waals surface area contributed by atoms with Gasteiger partial charge in [0.05, 0.1) is 12.2 Å². The van der Waals surface area contributed by atoms with Gasteiger partial charge >= 0.3 is 12.1 Å². The molecule has 2 rings (SSSR count). The molecule has 1 N–H and O–H groups in total. The standard InChI is InChI=1S/C39H74N2O5/c1-6-8-10-12-13-17-23-34(22-16-11-9-7-2)32-45-36(42)26-20-15-21-29-41(35-24-18-14-19-25-35)33-39(44)27-30-40(31-28-39)37(43)46-38(3,4)5/h34-35,44H,6-33H2,1-5H3. The van der Waals surface area contributed by atoms with E-state index in [0.29, 0.717) is 57.5 Å². The van der Waals surface area contributed by atoms with Crippen LogP contribution in [0.5, 0.6) is 0 Å². The maximum absolute atomic E-state index is 12.7. The number of unbranched alkanes of at least 4 members (excludes halogenated alkanes) is 10. The molecule has 46 heavy (non-hydrogen) atoms. The van der Waals surface area contributed by atoms with Crippen LogP contribution in [-0.2, 0) is 14.3 Å². The first-order valence-corrected chi connectivity index (χ1v) is 19.6. The predicted octanol–water partition coefficient (Wildman–Crippen LogP) is 9.82. The summed E-state index contributed by atoms with van der Waals surface area (Å²) in [5.41, 5.74) is -1.29. The Bertz CT molecular complexity index is 799. The molecule has 270 valence electrons. The third-order valence-electron chi connectivity index (χ3n) is 10.2. The van der Waals surface area contributed by atoms with Crippen molar-refractivity contribution in [3.05, 3.63) is 0 Å². The topological polar surface area (TPSA) is 79.3 Å². The van der Waals surface area contributed by atoms with Gasteiger partial charge in [0, 0.05) is 32.1 Å². The number of amides is 1. The number of hydrogen-bond donors (Lipinski definition) is 1. The van der Waals surface area contributed by atoms with E-state index in [2.05, 4.69) is 18.7 Å². The van der Waals surface area contributed by atoms with Crippen molar-refractivity contribution in [1.82, 2.24) is 9.80 Å². The van der Waals surface area contributed by atoms with Crippen LogP contribution in [0, 0.1) is 5.92 Å². The number of hydrogen-bond acceptors (Lipinski definition) is 6. The predicted molar refractivity (Wildman–Crippen MR) is 190 cm³/mol. The van der Waals surface area contributed by atoms with Crippen molar-refractivity contribution in [3.63, 3.8) is 0 Å². The highest BCUT2D eigenvalue weighted by atomic mass is 16.6. The molecule has 1 amide bonds. The van der Waals surface area contributed by atoms with Crippen LogP contribution in [0.2, 0.25) is 0 Å². The molecule has 0 aromatic rings. The molecule has 0 aromatic heterocycles. The Labute approximate surface area is 283 Å². The van der Waals surface area contributed by atoms with Crippen LogP contribution in [0.3, 0.4) is 0 Å². The highest BCUT2D eigenvalue weighted by molar-refractivity contribution is 5.69. The van der Waals surface area contributed by atoms with Gasteiger partial charge in [0.2, 0.25) is 0 Å². The zero-order valence-corrected chi connectivity index (χ0v) is 30.9. The number of esters is 1. The minimum Gasteiger partial charge on any atom is -0.465 e. The Morgan fingerprint density at radius 2 is 1.39 bits per heavy atom. The van der Waals surface area contributed by atoms with Crippen LogP contribution in [0.1, 0.15) is 182 Å². The molecule has 0 aromatic carbocycles. The number of likely N-dealkylation sites (tertiary alicyclic amines) is 1. The summed E-state index contributed by atoms with van der Waals surface area (Å²) in [6.45, 7) is 13.5. The molecule has 1 unspecified atom stereocenters. The van der Waals surface area contributed by atoms with Gasteiger partial charge in [-0.3, -0.25) is 9.69 Å². The van der Waals surface area contributed by atoms with Gasteiger partial charge in [-0.1, -0.05) is 104 Å². The Hall–Kier alpha value is -1.34. The second-order valence-corrected chi connectivity index (χ2v) is 15.7. The third-order valence-corrected chi connectivity index (χ3v) is 10.2. The minimum atomic E-state index is -0.775. The molecule has 2 aliphatic rings. The molecule has 0 radical (unpaired) electrons. The largest absolute Gasteiger partial charge is 0.465 e. The molecule has 2 fully saturated rings. The number of aliphatic hydroxyl groups is 1.